The Labute approximate surface area is 135 Å². The molecule has 0 aliphatic carbocycles. The van der Waals surface area contributed by atoms with Crippen LogP contribution in [0.3, 0.4) is 0 Å². The number of nitrogens with zero attached hydrogens (tertiary/aromatic N) is 2. The van der Waals surface area contributed by atoms with Crippen molar-refractivity contribution in [3.8, 4) is 5.75 Å². The van der Waals surface area contributed by atoms with Crippen molar-refractivity contribution in [2.75, 3.05) is 0 Å². The minimum Gasteiger partial charge on any atom is -0.487 e. The van der Waals surface area contributed by atoms with Crippen LogP contribution < -0.4 is 4.74 Å². The fourth-order valence-electron chi connectivity index (χ4n) is 2.87. The molecular formula is C19H21FN2O. The van der Waals surface area contributed by atoms with Gasteiger partial charge in [-0.25, -0.2) is 4.39 Å². The van der Waals surface area contributed by atoms with Crippen LogP contribution >= 0.6 is 0 Å². The number of aryl methyl sites for hydroxylation is 2. The van der Waals surface area contributed by atoms with Crippen LogP contribution in [-0.2, 0) is 13.2 Å². The van der Waals surface area contributed by atoms with E-state index in [1.54, 1.807) is 18.3 Å². The molecule has 1 aromatic carbocycles. The number of pyridine rings is 1. The second-order valence-corrected chi connectivity index (χ2v) is 5.78. The molecule has 2 heterocycles. The second-order valence-electron chi connectivity index (χ2n) is 5.78. The Morgan fingerprint density at radius 3 is 2.57 bits per heavy atom. The van der Waals surface area contributed by atoms with E-state index in [1.807, 2.05) is 6.07 Å². The highest BCUT2D eigenvalue weighted by Gasteiger charge is 2.15. The highest BCUT2D eigenvalue weighted by Crippen LogP contribution is 2.31. The van der Waals surface area contributed by atoms with E-state index in [0.29, 0.717) is 6.61 Å². The van der Waals surface area contributed by atoms with Crippen LogP contribution in [0.5, 0.6) is 5.75 Å². The summed E-state index contributed by atoms with van der Waals surface area (Å²) in [4.78, 5) is 4.52. The summed E-state index contributed by atoms with van der Waals surface area (Å²) in [5.74, 6) is 0.590. The van der Waals surface area contributed by atoms with E-state index in [9.17, 15) is 4.39 Å². The SMILES string of the molecule is CCCn1c(C)c(C)c2nccc(OCc3ccc(F)cc3)c21. The van der Waals surface area contributed by atoms with Crippen LogP contribution in [-0.4, -0.2) is 9.55 Å². The predicted molar refractivity (Wildman–Crippen MR) is 90.2 cm³/mol. The van der Waals surface area contributed by atoms with Crippen molar-refractivity contribution in [3.05, 3.63) is 59.2 Å². The number of aromatic nitrogens is 2. The third-order valence-corrected chi connectivity index (χ3v) is 4.21. The first-order valence-corrected chi connectivity index (χ1v) is 7.93. The summed E-state index contributed by atoms with van der Waals surface area (Å²) in [6, 6.07) is 8.30. The van der Waals surface area contributed by atoms with E-state index in [1.165, 1.54) is 23.4 Å². The minimum absolute atomic E-state index is 0.233. The molecule has 120 valence electrons. The van der Waals surface area contributed by atoms with Gasteiger partial charge in [0.05, 0.1) is 5.52 Å². The molecule has 3 nitrogen and oxygen atoms in total. The minimum atomic E-state index is -0.233. The maximum Gasteiger partial charge on any atom is 0.147 e. The number of benzene rings is 1. The molecule has 0 radical (unpaired) electrons. The van der Waals surface area contributed by atoms with Crippen LogP contribution in [0.4, 0.5) is 4.39 Å². The maximum absolute atomic E-state index is 13.0. The molecule has 0 bridgehead atoms. The predicted octanol–water partition coefficient (Wildman–Crippen LogP) is 4.78. The number of fused-ring (bicyclic) bond motifs is 1. The number of ether oxygens (including phenoxy) is 1. The monoisotopic (exact) mass is 312 g/mol. The summed E-state index contributed by atoms with van der Waals surface area (Å²) in [6.07, 6.45) is 2.83. The van der Waals surface area contributed by atoms with Gasteiger partial charge in [0, 0.05) is 24.5 Å². The molecule has 0 amide bonds. The maximum atomic E-state index is 13.0. The zero-order valence-electron chi connectivity index (χ0n) is 13.8. The number of halogens is 1. The van der Waals surface area contributed by atoms with Gasteiger partial charge in [-0.1, -0.05) is 19.1 Å². The van der Waals surface area contributed by atoms with Gasteiger partial charge >= 0.3 is 0 Å². The van der Waals surface area contributed by atoms with E-state index < -0.39 is 0 Å². The fraction of sp³-hybridized carbons (Fsp3) is 0.316. The van der Waals surface area contributed by atoms with Crippen LogP contribution in [0, 0.1) is 19.7 Å². The van der Waals surface area contributed by atoms with Crippen molar-refractivity contribution >= 4 is 11.0 Å². The molecule has 0 spiro atoms. The van der Waals surface area contributed by atoms with Gasteiger partial charge in [-0.3, -0.25) is 4.98 Å². The molecule has 0 N–H and O–H groups in total. The molecule has 3 aromatic rings. The van der Waals surface area contributed by atoms with E-state index in [-0.39, 0.29) is 5.82 Å². The first-order valence-electron chi connectivity index (χ1n) is 7.93. The lowest BCUT2D eigenvalue weighted by Gasteiger charge is -2.11. The zero-order valence-corrected chi connectivity index (χ0v) is 13.8. The summed E-state index contributed by atoms with van der Waals surface area (Å²) in [7, 11) is 0. The van der Waals surface area contributed by atoms with Crippen LogP contribution in [0.25, 0.3) is 11.0 Å². The third kappa shape index (κ3) is 2.93. The summed E-state index contributed by atoms with van der Waals surface area (Å²) in [6.45, 7) is 7.73. The summed E-state index contributed by atoms with van der Waals surface area (Å²) >= 11 is 0. The number of hydrogen-bond donors (Lipinski definition) is 0. The third-order valence-electron chi connectivity index (χ3n) is 4.21. The lowest BCUT2D eigenvalue weighted by Crippen LogP contribution is -2.02. The molecule has 3 rings (SSSR count). The van der Waals surface area contributed by atoms with Gasteiger partial charge in [0.2, 0.25) is 0 Å². The van der Waals surface area contributed by atoms with Crippen LogP contribution in [0.15, 0.2) is 36.5 Å². The van der Waals surface area contributed by atoms with Gasteiger partial charge in [-0.05, 0) is 43.5 Å². The van der Waals surface area contributed by atoms with Crippen molar-refractivity contribution in [1.82, 2.24) is 9.55 Å². The molecule has 2 aromatic heterocycles. The topological polar surface area (TPSA) is 27.1 Å². The molecule has 0 unspecified atom stereocenters. The van der Waals surface area contributed by atoms with Crippen LogP contribution in [0.1, 0.15) is 30.2 Å². The summed E-state index contributed by atoms with van der Waals surface area (Å²) < 4.78 is 21.3. The highest BCUT2D eigenvalue weighted by atomic mass is 19.1. The lowest BCUT2D eigenvalue weighted by atomic mass is 10.2. The molecule has 0 fully saturated rings. The van der Waals surface area contributed by atoms with Crippen molar-refractivity contribution in [2.45, 2.75) is 40.3 Å². The van der Waals surface area contributed by atoms with Crippen molar-refractivity contribution in [3.63, 3.8) is 0 Å². The smallest absolute Gasteiger partial charge is 0.147 e. The Hall–Kier alpha value is -2.36. The Morgan fingerprint density at radius 2 is 1.87 bits per heavy atom. The Morgan fingerprint density at radius 1 is 1.13 bits per heavy atom. The first-order chi connectivity index (χ1) is 11.1. The standard InChI is InChI=1S/C19H21FN2O/c1-4-11-22-14(3)13(2)18-19(22)17(9-10-21-18)23-12-15-5-7-16(20)8-6-15/h5-10H,4,11-12H2,1-3H3. The second kappa shape index (κ2) is 6.41. The van der Waals surface area contributed by atoms with E-state index in [0.717, 1.165) is 35.3 Å². The van der Waals surface area contributed by atoms with Gasteiger partial charge in [-0.15, -0.1) is 0 Å². The van der Waals surface area contributed by atoms with Gasteiger partial charge in [-0.2, -0.15) is 0 Å². The lowest BCUT2D eigenvalue weighted by molar-refractivity contribution is 0.308. The highest BCUT2D eigenvalue weighted by molar-refractivity contribution is 5.86. The molecule has 0 saturated carbocycles. The molecule has 0 aliphatic heterocycles. The quantitative estimate of drug-likeness (QED) is 0.678. The Bertz CT molecular complexity index is 821. The first kappa shape index (κ1) is 15.5. The summed E-state index contributed by atoms with van der Waals surface area (Å²) in [5.41, 5.74) is 5.41. The average molecular weight is 312 g/mol. The molecule has 23 heavy (non-hydrogen) atoms. The molecule has 0 saturated heterocycles. The van der Waals surface area contributed by atoms with Crippen LogP contribution in [0.2, 0.25) is 0 Å². The molecule has 4 heteroatoms. The van der Waals surface area contributed by atoms with Gasteiger partial charge < -0.3 is 9.30 Å². The fourth-order valence-corrected chi connectivity index (χ4v) is 2.87. The Balaban J connectivity index is 1.97. The Kier molecular flexibility index (Phi) is 4.33. The van der Waals surface area contributed by atoms with Gasteiger partial charge in [0.1, 0.15) is 23.7 Å². The average Bonchev–Trinajstić information content (AvgIpc) is 2.80. The van der Waals surface area contributed by atoms with Gasteiger partial charge in [0.15, 0.2) is 0 Å². The van der Waals surface area contributed by atoms with E-state index in [4.69, 9.17) is 4.74 Å². The molecular weight excluding hydrogens is 291 g/mol. The zero-order chi connectivity index (χ0) is 16.4. The van der Waals surface area contributed by atoms with Crippen molar-refractivity contribution in [1.29, 1.82) is 0 Å². The summed E-state index contributed by atoms with van der Waals surface area (Å²) in [5, 5.41) is 0. The molecule has 0 atom stereocenters. The molecule has 0 aliphatic rings. The number of hydrogen-bond acceptors (Lipinski definition) is 2. The van der Waals surface area contributed by atoms with Gasteiger partial charge in [0.25, 0.3) is 0 Å². The number of rotatable bonds is 5. The largest absolute Gasteiger partial charge is 0.487 e. The van der Waals surface area contributed by atoms with Crippen molar-refractivity contribution in [2.24, 2.45) is 0 Å². The normalized spacial score (nSPS) is 11.1. The van der Waals surface area contributed by atoms with Crippen molar-refractivity contribution < 1.29 is 9.13 Å². The van der Waals surface area contributed by atoms with E-state index in [2.05, 4.69) is 30.3 Å². The van der Waals surface area contributed by atoms with E-state index >= 15 is 0 Å².